The number of β-amino-alcohol motifs (C(OH)–C–C–N with tert-alkyl or cyclic N) is 1. The lowest BCUT2D eigenvalue weighted by atomic mass is 9.88. The minimum absolute atomic E-state index is 0.0294. The summed E-state index contributed by atoms with van der Waals surface area (Å²) < 4.78 is 0. The van der Waals surface area contributed by atoms with Crippen LogP contribution in [0.2, 0.25) is 0 Å². The second kappa shape index (κ2) is 3.91. The van der Waals surface area contributed by atoms with E-state index < -0.39 is 5.60 Å². The summed E-state index contributed by atoms with van der Waals surface area (Å²) >= 11 is 1.72. The van der Waals surface area contributed by atoms with Gasteiger partial charge >= 0.3 is 0 Å². The van der Waals surface area contributed by atoms with E-state index >= 15 is 0 Å². The van der Waals surface area contributed by atoms with Crippen molar-refractivity contribution in [1.29, 1.82) is 0 Å². The standard InChI is InChI=1S/C14H20N2O3S/c1-13-5-4-11(17)16(13)10(6-20-13)12(18)15-7-14(19,8-15)9-2-3-9/h9-10,19H,2-8H2,1H3. The van der Waals surface area contributed by atoms with E-state index in [-0.39, 0.29) is 22.7 Å². The number of fused-ring (bicyclic) bond motifs is 1. The van der Waals surface area contributed by atoms with E-state index in [4.69, 9.17) is 0 Å². The number of carbonyl (C=O) groups is 2. The van der Waals surface area contributed by atoms with Crippen molar-refractivity contribution in [3.8, 4) is 0 Å². The lowest BCUT2D eigenvalue weighted by molar-refractivity contribution is -0.165. The summed E-state index contributed by atoms with van der Waals surface area (Å²) in [6.45, 7) is 2.97. The Morgan fingerprint density at radius 3 is 2.75 bits per heavy atom. The predicted molar refractivity (Wildman–Crippen MR) is 75.0 cm³/mol. The molecular weight excluding hydrogens is 276 g/mol. The van der Waals surface area contributed by atoms with Crippen LogP contribution in [0.1, 0.15) is 32.6 Å². The highest BCUT2D eigenvalue weighted by atomic mass is 32.2. The zero-order chi connectivity index (χ0) is 14.1. The molecule has 2 unspecified atom stereocenters. The third kappa shape index (κ3) is 1.67. The second-order valence-electron chi connectivity index (χ2n) is 6.84. The number of aliphatic hydroxyl groups is 1. The molecule has 0 aromatic heterocycles. The Kier molecular flexibility index (Phi) is 2.53. The molecule has 0 spiro atoms. The van der Waals surface area contributed by atoms with Gasteiger partial charge in [-0.2, -0.15) is 0 Å². The van der Waals surface area contributed by atoms with Crippen molar-refractivity contribution in [3.63, 3.8) is 0 Å². The number of thioether (sulfide) groups is 1. The summed E-state index contributed by atoms with van der Waals surface area (Å²) in [6, 6.07) is -0.316. The Morgan fingerprint density at radius 1 is 1.40 bits per heavy atom. The highest BCUT2D eigenvalue weighted by molar-refractivity contribution is 8.01. The van der Waals surface area contributed by atoms with E-state index in [2.05, 4.69) is 6.92 Å². The van der Waals surface area contributed by atoms with Crippen LogP contribution in [-0.4, -0.2) is 62.1 Å². The highest BCUT2D eigenvalue weighted by Crippen LogP contribution is 2.49. The van der Waals surface area contributed by atoms with E-state index in [1.54, 1.807) is 21.6 Å². The zero-order valence-corrected chi connectivity index (χ0v) is 12.5. The number of hydrogen-bond acceptors (Lipinski definition) is 4. The van der Waals surface area contributed by atoms with E-state index in [1.165, 1.54) is 0 Å². The van der Waals surface area contributed by atoms with Crippen LogP contribution in [0.3, 0.4) is 0 Å². The normalized spacial score (nSPS) is 38.9. The third-order valence-electron chi connectivity index (χ3n) is 5.31. The van der Waals surface area contributed by atoms with Gasteiger partial charge in [-0.25, -0.2) is 0 Å². The van der Waals surface area contributed by atoms with Crippen molar-refractivity contribution in [2.75, 3.05) is 18.8 Å². The molecule has 20 heavy (non-hydrogen) atoms. The molecule has 6 heteroatoms. The van der Waals surface area contributed by atoms with Crippen molar-refractivity contribution in [2.45, 2.75) is 49.1 Å². The molecule has 4 aliphatic rings. The van der Waals surface area contributed by atoms with E-state index in [0.29, 0.717) is 31.2 Å². The minimum Gasteiger partial charge on any atom is -0.386 e. The Balaban J connectivity index is 1.46. The zero-order valence-electron chi connectivity index (χ0n) is 11.7. The van der Waals surface area contributed by atoms with Crippen LogP contribution in [0.15, 0.2) is 0 Å². The molecule has 2 atom stereocenters. The second-order valence-corrected chi connectivity index (χ2v) is 8.34. The number of hydrogen-bond donors (Lipinski definition) is 1. The van der Waals surface area contributed by atoms with Crippen molar-refractivity contribution in [2.24, 2.45) is 5.92 Å². The molecule has 3 saturated heterocycles. The molecule has 0 bridgehead atoms. The van der Waals surface area contributed by atoms with Crippen molar-refractivity contribution < 1.29 is 14.7 Å². The van der Waals surface area contributed by atoms with Gasteiger partial charge in [-0.1, -0.05) is 0 Å². The molecule has 3 aliphatic heterocycles. The molecular formula is C14H20N2O3S. The molecule has 4 fully saturated rings. The summed E-state index contributed by atoms with van der Waals surface area (Å²) in [7, 11) is 0. The van der Waals surface area contributed by atoms with Crippen LogP contribution in [-0.2, 0) is 9.59 Å². The predicted octanol–water partition coefficient (Wildman–Crippen LogP) is 0.424. The van der Waals surface area contributed by atoms with Gasteiger partial charge in [0, 0.05) is 12.2 Å². The number of amides is 2. The fourth-order valence-electron chi connectivity index (χ4n) is 3.86. The molecule has 4 rings (SSSR count). The molecule has 5 nitrogen and oxygen atoms in total. The van der Waals surface area contributed by atoms with E-state index in [1.807, 2.05) is 0 Å². The minimum atomic E-state index is -0.639. The van der Waals surface area contributed by atoms with Gasteiger partial charge in [0.05, 0.1) is 18.0 Å². The van der Waals surface area contributed by atoms with Gasteiger partial charge in [-0.05, 0) is 32.1 Å². The molecule has 110 valence electrons. The Morgan fingerprint density at radius 2 is 2.10 bits per heavy atom. The molecule has 0 aromatic carbocycles. The molecule has 0 aromatic rings. The topological polar surface area (TPSA) is 60.9 Å². The van der Waals surface area contributed by atoms with Gasteiger partial charge in [0.2, 0.25) is 11.8 Å². The van der Waals surface area contributed by atoms with Gasteiger partial charge in [0.15, 0.2) is 0 Å². The molecule has 2 amide bonds. The molecule has 3 heterocycles. The largest absolute Gasteiger partial charge is 0.386 e. The summed E-state index contributed by atoms with van der Waals surface area (Å²) in [5.74, 6) is 1.22. The summed E-state index contributed by atoms with van der Waals surface area (Å²) in [5, 5.41) is 10.3. The summed E-state index contributed by atoms with van der Waals surface area (Å²) in [6.07, 6.45) is 3.56. The number of likely N-dealkylation sites (tertiary alicyclic amines) is 1. The quantitative estimate of drug-likeness (QED) is 0.802. The maximum atomic E-state index is 12.6. The summed E-state index contributed by atoms with van der Waals surface area (Å²) in [4.78, 5) is 28.0. The molecule has 0 radical (unpaired) electrons. The fraction of sp³-hybridized carbons (Fsp3) is 0.857. The lowest BCUT2D eigenvalue weighted by Crippen LogP contribution is -2.67. The average molecular weight is 296 g/mol. The first-order valence-corrected chi connectivity index (χ1v) is 8.39. The first-order valence-electron chi connectivity index (χ1n) is 7.40. The number of nitrogens with zero attached hydrogens (tertiary/aromatic N) is 2. The number of carbonyl (C=O) groups excluding carboxylic acids is 2. The van der Waals surface area contributed by atoms with E-state index in [9.17, 15) is 14.7 Å². The van der Waals surface area contributed by atoms with Crippen LogP contribution in [0.5, 0.6) is 0 Å². The monoisotopic (exact) mass is 296 g/mol. The van der Waals surface area contributed by atoms with Crippen LogP contribution in [0.4, 0.5) is 0 Å². The van der Waals surface area contributed by atoms with Crippen molar-refractivity contribution in [1.82, 2.24) is 9.80 Å². The van der Waals surface area contributed by atoms with Crippen LogP contribution in [0.25, 0.3) is 0 Å². The molecule has 1 N–H and O–H groups in total. The smallest absolute Gasteiger partial charge is 0.246 e. The maximum Gasteiger partial charge on any atom is 0.246 e. The van der Waals surface area contributed by atoms with Gasteiger partial charge in [0.1, 0.15) is 11.6 Å². The molecule has 1 aliphatic carbocycles. The summed E-state index contributed by atoms with van der Waals surface area (Å²) in [5.41, 5.74) is -0.639. The first-order chi connectivity index (χ1) is 9.43. The van der Waals surface area contributed by atoms with Gasteiger partial charge < -0.3 is 14.9 Å². The lowest BCUT2D eigenvalue weighted by Gasteiger charge is -2.48. The van der Waals surface area contributed by atoms with Crippen LogP contribution in [0, 0.1) is 5.92 Å². The average Bonchev–Trinajstić information content (AvgIpc) is 3.10. The Hall–Kier alpha value is -0.750. The van der Waals surface area contributed by atoms with Crippen LogP contribution < -0.4 is 0 Å². The number of rotatable bonds is 2. The third-order valence-corrected chi connectivity index (χ3v) is 6.81. The van der Waals surface area contributed by atoms with Gasteiger partial charge in [-0.15, -0.1) is 11.8 Å². The van der Waals surface area contributed by atoms with Crippen molar-refractivity contribution >= 4 is 23.6 Å². The highest BCUT2D eigenvalue weighted by Gasteiger charge is 2.58. The Bertz CT molecular complexity index is 487. The first kappa shape index (κ1) is 13.0. The SMILES string of the molecule is CC12CCC(=O)N1C(C(=O)N1CC(O)(C3CC3)C1)CS2. The Labute approximate surface area is 122 Å². The fourth-order valence-corrected chi connectivity index (χ4v) is 5.29. The van der Waals surface area contributed by atoms with Gasteiger partial charge in [-0.3, -0.25) is 9.59 Å². The van der Waals surface area contributed by atoms with Crippen molar-refractivity contribution in [3.05, 3.63) is 0 Å². The molecule has 1 saturated carbocycles. The van der Waals surface area contributed by atoms with E-state index in [0.717, 1.165) is 19.3 Å². The maximum absolute atomic E-state index is 12.6. The van der Waals surface area contributed by atoms with Gasteiger partial charge in [0.25, 0.3) is 0 Å². The van der Waals surface area contributed by atoms with Crippen LogP contribution >= 0.6 is 11.8 Å².